The molecule has 0 bridgehead atoms. The number of nitro benzene ring substituents is 1. The highest BCUT2D eigenvalue weighted by Crippen LogP contribution is 2.36. The number of ether oxygens (including phenoxy) is 3. The SMILES string of the molecule is COc1ccc(Br)cc1/C=C1\Oc2cc(OCc3ccc([N+](=O)[O-])cc3)ccc2C1=O. The number of rotatable bonds is 6. The molecule has 3 aromatic carbocycles. The fourth-order valence-electron chi connectivity index (χ4n) is 3.10. The summed E-state index contributed by atoms with van der Waals surface area (Å²) in [6.07, 6.45) is 1.64. The van der Waals surface area contributed by atoms with Crippen molar-refractivity contribution in [3.8, 4) is 17.2 Å². The molecule has 0 atom stereocenters. The second-order valence-corrected chi connectivity index (χ2v) is 7.61. The van der Waals surface area contributed by atoms with Gasteiger partial charge in [-0.1, -0.05) is 15.9 Å². The molecule has 0 amide bonds. The second-order valence-electron chi connectivity index (χ2n) is 6.70. The van der Waals surface area contributed by atoms with Gasteiger partial charge in [0.1, 0.15) is 23.9 Å². The Bertz CT molecular complexity index is 1200. The summed E-state index contributed by atoms with van der Waals surface area (Å²) in [6, 6.07) is 16.6. The lowest BCUT2D eigenvalue weighted by Gasteiger charge is -2.07. The van der Waals surface area contributed by atoms with Crippen molar-refractivity contribution in [1.29, 1.82) is 0 Å². The Morgan fingerprint density at radius 2 is 1.87 bits per heavy atom. The molecule has 8 heteroatoms. The van der Waals surface area contributed by atoms with Crippen LogP contribution in [0.4, 0.5) is 5.69 Å². The monoisotopic (exact) mass is 481 g/mol. The molecular formula is C23H16BrNO6. The van der Waals surface area contributed by atoms with Crippen molar-refractivity contribution < 1.29 is 23.9 Å². The van der Waals surface area contributed by atoms with E-state index in [1.807, 2.05) is 12.1 Å². The van der Waals surface area contributed by atoms with Gasteiger partial charge in [0, 0.05) is 28.2 Å². The molecule has 0 saturated heterocycles. The Balaban J connectivity index is 1.50. The van der Waals surface area contributed by atoms with Crippen LogP contribution in [0.25, 0.3) is 6.08 Å². The van der Waals surface area contributed by atoms with Gasteiger partial charge in [-0.15, -0.1) is 0 Å². The molecule has 0 aliphatic carbocycles. The summed E-state index contributed by atoms with van der Waals surface area (Å²) in [4.78, 5) is 23.0. The average Bonchev–Trinajstić information content (AvgIpc) is 3.07. The van der Waals surface area contributed by atoms with Gasteiger partial charge in [-0.3, -0.25) is 14.9 Å². The molecule has 0 saturated carbocycles. The number of allylic oxidation sites excluding steroid dienone is 1. The third-order valence-corrected chi connectivity index (χ3v) is 5.17. The van der Waals surface area contributed by atoms with E-state index in [0.29, 0.717) is 28.4 Å². The van der Waals surface area contributed by atoms with E-state index >= 15 is 0 Å². The van der Waals surface area contributed by atoms with Crippen molar-refractivity contribution in [3.05, 3.63) is 97.7 Å². The number of benzene rings is 3. The molecule has 31 heavy (non-hydrogen) atoms. The van der Waals surface area contributed by atoms with Crippen LogP contribution in [0, 0.1) is 10.1 Å². The van der Waals surface area contributed by atoms with Crippen LogP contribution in [-0.4, -0.2) is 17.8 Å². The Hall–Kier alpha value is -3.65. The highest BCUT2D eigenvalue weighted by molar-refractivity contribution is 9.10. The van der Waals surface area contributed by atoms with E-state index in [4.69, 9.17) is 14.2 Å². The van der Waals surface area contributed by atoms with Crippen molar-refractivity contribution in [2.24, 2.45) is 0 Å². The molecule has 1 heterocycles. The van der Waals surface area contributed by atoms with Gasteiger partial charge in [0.15, 0.2) is 5.76 Å². The molecule has 7 nitrogen and oxygen atoms in total. The summed E-state index contributed by atoms with van der Waals surface area (Å²) in [5.74, 6) is 1.52. The normalized spacial score (nSPS) is 13.6. The first-order chi connectivity index (χ1) is 14.9. The van der Waals surface area contributed by atoms with Crippen LogP contribution in [0.1, 0.15) is 21.5 Å². The van der Waals surface area contributed by atoms with Crippen LogP contribution in [0.3, 0.4) is 0 Å². The number of nitro groups is 1. The molecule has 3 aromatic rings. The first-order valence-corrected chi connectivity index (χ1v) is 10.0. The number of nitrogens with zero attached hydrogens (tertiary/aromatic N) is 1. The van der Waals surface area contributed by atoms with Gasteiger partial charge in [0.05, 0.1) is 17.6 Å². The lowest BCUT2D eigenvalue weighted by molar-refractivity contribution is -0.384. The van der Waals surface area contributed by atoms with E-state index in [2.05, 4.69) is 15.9 Å². The summed E-state index contributed by atoms with van der Waals surface area (Å²) in [5.41, 5.74) is 1.96. The lowest BCUT2D eigenvalue weighted by atomic mass is 10.1. The van der Waals surface area contributed by atoms with Gasteiger partial charge in [-0.05, 0) is 54.1 Å². The van der Waals surface area contributed by atoms with E-state index < -0.39 is 4.92 Å². The Kier molecular flexibility index (Phi) is 5.73. The topological polar surface area (TPSA) is 87.9 Å². The lowest BCUT2D eigenvalue weighted by Crippen LogP contribution is -1.99. The smallest absolute Gasteiger partial charge is 0.269 e. The third kappa shape index (κ3) is 4.44. The van der Waals surface area contributed by atoms with Crippen molar-refractivity contribution in [2.45, 2.75) is 6.61 Å². The molecule has 1 aliphatic rings. The maximum absolute atomic E-state index is 12.7. The number of carbonyl (C=O) groups is 1. The van der Waals surface area contributed by atoms with Gasteiger partial charge in [0.2, 0.25) is 5.78 Å². The molecule has 0 N–H and O–H groups in total. The van der Waals surface area contributed by atoms with Crippen molar-refractivity contribution in [1.82, 2.24) is 0 Å². The Labute approximate surface area is 186 Å². The van der Waals surface area contributed by atoms with Crippen molar-refractivity contribution in [3.63, 3.8) is 0 Å². The minimum atomic E-state index is -0.450. The predicted molar refractivity (Wildman–Crippen MR) is 117 cm³/mol. The zero-order chi connectivity index (χ0) is 22.0. The molecule has 0 spiro atoms. The number of fused-ring (bicyclic) bond motifs is 1. The van der Waals surface area contributed by atoms with Crippen LogP contribution >= 0.6 is 15.9 Å². The van der Waals surface area contributed by atoms with Gasteiger partial charge >= 0.3 is 0 Å². The largest absolute Gasteiger partial charge is 0.496 e. The number of Topliss-reactive ketones (excluding diaryl/α,β-unsaturated/α-hetero) is 1. The van der Waals surface area contributed by atoms with Crippen LogP contribution < -0.4 is 14.2 Å². The fourth-order valence-corrected chi connectivity index (χ4v) is 3.48. The molecular weight excluding hydrogens is 466 g/mol. The van der Waals surface area contributed by atoms with E-state index in [1.165, 1.54) is 12.1 Å². The number of methoxy groups -OCH3 is 1. The van der Waals surface area contributed by atoms with Crippen molar-refractivity contribution >= 4 is 33.5 Å². The summed E-state index contributed by atoms with van der Waals surface area (Å²) < 4.78 is 17.7. The molecule has 0 radical (unpaired) electrons. The fraction of sp³-hybridized carbons (Fsp3) is 0.0870. The number of ketones is 1. The average molecular weight is 482 g/mol. The Morgan fingerprint density at radius 3 is 2.58 bits per heavy atom. The summed E-state index contributed by atoms with van der Waals surface area (Å²) in [7, 11) is 1.56. The van der Waals surface area contributed by atoms with Gasteiger partial charge in [-0.25, -0.2) is 0 Å². The predicted octanol–water partition coefficient (Wildman–Crippen LogP) is 5.56. The zero-order valence-electron chi connectivity index (χ0n) is 16.3. The van der Waals surface area contributed by atoms with Gasteiger partial charge in [0.25, 0.3) is 5.69 Å². The van der Waals surface area contributed by atoms with Crippen LogP contribution in [0.15, 0.2) is 70.9 Å². The van der Waals surface area contributed by atoms with E-state index in [-0.39, 0.29) is 23.8 Å². The Morgan fingerprint density at radius 1 is 1.10 bits per heavy atom. The zero-order valence-corrected chi connectivity index (χ0v) is 17.9. The summed E-state index contributed by atoms with van der Waals surface area (Å²) in [5, 5.41) is 10.7. The first kappa shape index (κ1) is 20.6. The van der Waals surface area contributed by atoms with E-state index in [0.717, 1.165) is 10.0 Å². The minimum absolute atomic E-state index is 0.0228. The number of non-ortho nitro benzene ring substituents is 1. The van der Waals surface area contributed by atoms with Crippen LogP contribution in [0.2, 0.25) is 0 Å². The molecule has 1 aliphatic heterocycles. The van der Waals surface area contributed by atoms with E-state index in [1.54, 1.807) is 49.6 Å². The molecule has 0 aromatic heterocycles. The van der Waals surface area contributed by atoms with Crippen LogP contribution in [0.5, 0.6) is 17.2 Å². The van der Waals surface area contributed by atoms with Crippen LogP contribution in [-0.2, 0) is 6.61 Å². The molecule has 156 valence electrons. The standard InChI is InChI=1S/C23H16BrNO6/c1-29-20-9-4-16(24)10-15(20)11-22-23(26)19-8-7-18(12-21(19)31-22)30-13-14-2-5-17(6-3-14)25(27)28/h2-12H,13H2,1H3/b22-11-. The number of carbonyl (C=O) groups excluding carboxylic acids is 1. The number of hydrogen-bond acceptors (Lipinski definition) is 6. The molecule has 0 unspecified atom stereocenters. The maximum Gasteiger partial charge on any atom is 0.269 e. The second kappa shape index (κ2) is 8.61. The minimum Gasteiger partial charge on any atom is -0.496 e. The summed E-state index contributed by atoms with van der Waals surface area (Å²) in [6.45, 7) is 0.225. The highest BCUT2D eigenvalue weighted by atomic mass is 79.9. The first-order valence-electron chi connectivity index (χ1n) is 9.22. The van der Waals surface area contributed by atoms with Gasteiger partial charge < -0.3 is 14.2 Å². The highest BCUT2D eigenvalue weighted by Gasteiger charge is 2.28. The third-order valence-electron chi connectivity index (χ3n) is 4.67. The molecule has 0 fully saturated rings. The summed E-state index contributed by atoms with van der Waals surface area (Å²) >= 11 is 3.41. The molecule has 4 rings (SSSR count). The van der Waals surface area contributed by atoms with Gasteiger partial charge in [-0.2, -0.15) is 0 Å². The number of halogens is 1. The van der Waals surface area contributed by atoms with Crippen molar-refractivity contribution in [2.75, 3.05) is 7.11 Å². The maximum atomic E-state index is 12.7. The van der Waals surface area contributed by atoms with E-state index in [9.17, 15) is 14.9 Å². The quantitative estimate of drug-likeness (QED) is 0.260. The number of hydrogen-bond donors (Lipinski definition) is 0.